The van der Waals surface area contributed by atoms with Crippen LogP contribution < -0.4 is 10.6 Å². The zero-order valence-electron chi connectivity index (χ0n) is 20.6. The Morgan fingerprint density at radius 3 is 2.50 bits per heavy atom. The minimum Gasteiger partial charge on any atom is -0.324 e. The third-order valence-corrected chi connectivity index (χ3v) is 8.15. The van der Waals surface area contributed by atoms with Crippen LogP contribution >= 0.6 is 0 Å². The number of carbonyl (C=O) groups is 1. The van der Waals surface area contributed by atoms with Crippen molar-refractivity contribution in [2.75, 3.05) is 4.90 Å². The van der Waals surface area contributed by atoms with Crippen molar-refractivity contribution in [1.82, 2.24) is 14.8 Å². The molecule has 2 fully saturated rings. The number of rotatable bonds is 6. The molecule has 2 N–H and O–H groups in total. The number of halogens is 5. The third-order valence-electron chi connectivity index (χ3n) is 8.15. The molecule has 1 atom stereocenters. The number of aryl methyl sites for hydroxylation is 1. The summed E-state index contributed by atoms with van der Waals surface area (Å²) in [5.41, 5.74) is 5.56. The molecule has 1 aromatic heterocycles. The second kappa shape index (κ2) is 8.33. The summed E-state index contributed by atoms with van der Waals surface area (Å²) >= 11 is 0. The SMILES string of the molecule is Cn1cnnc1CC1(c2cccc(N3Cc4c(cc([C@H](N)C5CC5)cc4C(F)(F)F)C3=O)c2)CC(F)(F)C1. The van der Waals surface area contributed by atoms with Crippen LogP contribution in [0, 0.1) is 5.92 Å². The maximum absolute atomic E-state index is 14.2. The van der Waals surface area contributed by atoms with E-state index in [-0.39, 0.29) is 30.0 Å². The molecule has 200 valence electrons. The van der Waals surface area contributed by atoms with Crippen LogP contribution in [0.15, 0.2) is 42.7 Å². The first-order chi connectivity index (χ1) is 17.9. The molecule has 0 saturated heterocycles. The second-order valence-corrected chi connectivity index (χ2v) is 10.9. The van der Waals surface area contributed by atoms with Crippen LogP contribution in [0.1, 0.15) is 70.2 Å². The minimum absolute atomic E-state index is 0.0136. The van der Waals surface area contributed by atoms with Crippen LogP contribution in [0.5, 0.6) is 0 Å². The van der Waals surface area contributed by atoms with Crippen LogP contribution in [0.3, 0.4) is 0 Å². The van der Waals surface area contributed by atoms with Crippen molar-refractivity contribution in [3.05, 3.63) is 76.4 Å². The molecule has 6 rings (SSSR count). The zero-order valence-corrected chi connectivity index (χ0v) is 20.6. The number of fused-ring (bicyclic) bond motifs is 1. The highest BCUT2D eigenvalue weighted by Crippen LogP contribution is 2.55. The molecule has 2 heterocycles. The van der Waals surface area contributed by atoms with E-state index >= 15 is 0 Å². The molecule has 3 aliphatic rings. The summed E-state index contributed by atoms with van der Waals surface area (Å²) in [4.78, 5) is 14.7. The summed E-state index contributed by atoms with van der Waals surface area (Å²) in [5, 5.41) is 7.90. The first-order valence-electron chi connectivity index (χ1n) is 12.5. The van der Waals surface area contributed by atoms with E-state index in [2.05, 4.69) is 10.2 Å². The highest BCUT2D eigenvalue weighted by Gasteiger charge is 2.57. The van der Waals surface area contributed by atoms with Gasteiger partial charge in [0, 0.05) is 49.0 Å². The van der Waals surface area contributed by atoms with Crippen LogP contribution in [0.4, 0.5) is 27.6 Å². The van der Waals surface area contributed by atoms with Gasteiger partial charge in [-0.05, 0) is 59.7 Å². The fourth-order valence-corrected chi connectivity index (χ4v) is 5.96. The lowest BCUT2D eigenvalue weighted by Crippen LogP contribution is -2.51. The van der Waals surface area contributed by atoms with Gasteiger partial charge < -0.3 is 15.2 Å². The predicted molar refractivity (Wildman–Crippen MR) is 129 cm³/mol. The number of nitrogens with zero attached hydrogens (tertiary/aromatic N) is 4. The van der Waals surface area contributed by atoms with Crippen LogP contribution in [-0.4, -0.2) is 26.6 Å². The highest BCUT2D eigenvalue weighted by molar-refractivity contribution is 6.10. The van der Waals surface area contributed by atoms with Crippen molar-refractivity contribution in [2.24, 2.45) is 18.7 Å². The summed E-state index contributed by atoms with van der Waals surface area (Å²) in [6.07, 6.45) is -2.03. The molecule has 2 aromatic carbocycles. The maximum Gasteiger partial charge on any atom is 0.416 e. The van der Waals surface area contributed by atoms with Gasteiger partial charge in [0.15, 0.2) is 0 Å². The summed E-state index contributed by atoms with van der Waals surface area (Å²) in [6.45, 7) is -0.266. The van der Waals surface area contributed by atoms with E-state index in [1.807, 2.05) is 0 Å². The number of amides is 1. The van der Waals surface area contributed by atoms with Gasteiger partial charge in [-0.1, -0.05) is 12.1 Å². The summed E-state index contributed by atoms with van der Waals surface area (Å²) in [7, 11) is 1.73. The normalized spacial score (nSPS) is 20.8. The maximum atomic E-state index is 14.2. The smallest absolute Gasteiger partial charge is 0.324 e. The molecule has 2 saturated carbocycles. The number of hydrogen-bond donors (Lipinski definition) is 1. The van der Waals surface area contributed by atoms with E-state index in [0.717, 1.165) is 18.9 Å². The molecule has 6 nitrogen and oxygen atoms in total. The number of nitrogens with two attached hydrogens (primary N) is 1. The Balaban J connectivity index is 1.36. The van der Waals surface area contributed by atoms with Crippen molar-refractivity contribution < 1.29 is 26.7 Å². The Bertz CT molecular complexity index is 1420. The van der Waals surface area contributed by atoms with Gasteiger partial charge in [0.25, 0.3) is 5.91 Å². The Labute approximate surface area is 215 Å². The Morgan fingerprint density at radius 1 is 1.16 bits per heavy atom. The fraction of sp³-hybridized carbons (Fsp3) is 0.444. The van der Waals surface area contributed by atoms with Gasteiger partial charge in [0.1, 0.15) is 12.2 Å². The number of hydrogen-bond acceptors (Lipinski definition) is 4. The molecule has 0 spiro atoms. The van der Waals surface area contributed by atoms with Gasteiger partial charge in [-0.2, -0.15) is 13.2 Å². The lowest BCUT2D eigenvalue weighted by atomic mass is 9.60. The van der Waals surface area contributed by atoms with Crippen molar-refractivity contribution in [3.63, 3.8) is 0 Å². The minimum atomic E-state index is -4.65. The van der Waals surface area contributed by atoms with E-state index in [0.29, 0.717) is 22.6 Å². The van der Waals surface area contributed by atoms with E-state index < -0.39 is 47.9 Å². The van der Waals surface area contributed by atoms with Gasteiger partial charge in [0.05, 0.1) is 12.1 Å². The molecule has 0 bridgehead atoms. The molecule has 1 amide bonds. The van der Waals surface area contributed by atoms with Crippen LogP contribution in [-0.2, 0) is 31.6 Å². The van der Waals surface area contributed by atoms with E-state index in [4.69, 9.17) is 5.73 Å². The lowest BCUT2D eigenvalue weighted by molar-refractivity contribution is -0.138. The average molecular weight is 532 g/mol. The van der Waals surface area contributed by atoms with Gasteiger partial charge in [-0.15, -0.1) is 10.2 Å². The number of anilines is 1. The van der Waals surface area contributed by atoms with Gasteiger partial charge in [-0.3, -0.25) is 4.79 Å². The van der Waals surface area contributed by atoms with Gasteiger partial charge in [-0.25, -0.2) is 8.78 Å². The average Bonchev–Trinajstić information content (AvgIpc) is 3.54. The molecule has 38 heavy (non-hydrogen) atoms. The molecule has 11 heteroatoms. The van der Waals surface area contributed by atoms with E-state index in [1.54, 1.807) is 35.9 Å². The quantitative estimate of drug-likeness (QED) is 0.437. The fourth-order valence-electron chi connectivity index (χ4n) is 5.96. The summed E-state index contributed by atoms with van der Waals surface area (Å²) in [6, 6.07) is 8.62. The zero-order chi connectivity index (χ0) is 27.0. The number of benzene rings is 2. The molecule has 3 aromatic rings. The van der Waals surface area contributed by atoms with Gasteiger partial charge >= 0.3 is 6.18 Å². The van der Waals surface area contributed by atoms with Crippen LogP contribution in [0.2, 0.25) is 0 Å². The molecule has 0 unspecified atom stereocenters. The predicted octanol–water partition coefficient (Wildman–Crippen LogP) is 5.31. The van der Waals surface area contributed by atoms with Crippen molar-refractivity contribution in [1.29, 1.82) is 0 Å². The molecule has 1 aliphatic heterocycles. The number of aromatic nitrogens is 3. The Morgan fingerprint density at radius 2 is 1.89 bits per heavy atom. The van der Waals surface area contributed by atoms with E-state index in [9.17, 15) is 26.7 Å². The van der Waals surface area contributed by atoms with E-state index in [1.165, 1.54) is 17.3 Å². The number of carbonyl (C=O) groups excluding carboxylic acids is 1. The molecule has 2 aliphatic carbocycles. The third kappa shape index (κ3) is 4.16. The Kier molecular flexibility index (Phi) is 5.47. The monoisotopic (exact) mass is 531 g/mol. The second-order valence-electron chi connectivity index (χ2n) is 10.9. The number of alkyl halides is 5. The van der Waals surface area contributed by atoms with Crippen molar-refractivity contribution >= 4 is 11.6 Å². The lowest BCUT2D eigenvalue weighted by Gasteiger charge is -2.48. The van der Waals surface area contributed by atoms with Crippen molar-refractivity contribution in [3.8, 4) is 0 Å². The topological polar surface area (TPSA) is 77.0 Å². The molecular formula is C27H26F5N5O. The first-order valence-corrected chi connectivity index (χ1v) is 12.5. The first kappa shape index (κ1) is 25.0. The summed E-state index contributed by atoms with van der Waals surface area (Å²) < 4.78 is 72.2. The largest absolute Gasteiger partial charge is 0.416 e. The summed E-state index contributed by atoms with van der Waals surface area (Å²) in [5.74, 6) is -2.74. The van der Waals surface area contributed by atoms with Crippen molar-refractivity contribution in [2.45, 2.75) is 62.2 Å². The molecular weight excluding hydrogens is 505 g/mol. The molecule has 0 radical (unpaired) electrons. The highest BCUT2D eigenvalue weighted by atomic mass is 19.4. The van der Waals surface area contributed by atoms with Crippen LogP contribution in [0.25, 0.3) is 0 Å². The van der Waals surface area contributed by atoms with Gasteiger partial charge in [0.2, 0.25) is 5.92 Å². The standard InChI is InChI=1S/C27H26F5N5O/c1-36-14-34-35-22(36)10-25(12-26(28,29)13-25)17-3-2-4-18(9-17)37-11-20-19(24(37)38)7-16(23(33)15-5-6-15)8-21(20)27(30,31)32/h2-4,7-9,14-15,23H,5-6,10-13,33H2,1H3/t23-/m1/s1. The Hall–Kier alpha value is -3.34.